The number of anilines is 1. The number of carbonyl (C=O) groups is 1. The molecule has 1 N–H and O–H groups in total. The second kappa shape index (κ2) is 5.71. The van der Waals surface area contributed by atoms with E-state index in [1.807, 2.05) is 6.92 Å². The van der Waals surface area contributed by atoms with E-state index in [0.29, 0.717) is 5.69 Å². The normalized spacial score (nSPS) is 10.9. The molecular formula is C13H10F2N2OS. The second-order valence-electron chi connectivity index (χ2n) is 3.74. The fourth-order valence-electron chi connectivity index (χ4n) is 1.39. The fraction of sp³-hybridized carbons (Fsp3) is 0.0769. The summed E-state index contributed by atoms with van der Waals surface area (Å²) in [6.07, 6.45) is 2.73. The van der Waals surface area contributed by atoms with Crippen LogP contribution in [0.3, 0.4) is 0 Å². The van der Waals surface area contributed by atoms with E-state index >= 15 is 0 Å². The molecule has 0 radical (unpaired) electrons. The molecule has 1 aromatic heterocycles. The molecule has 0 saturated heterocycles. The standard InChI is InChI=1S/C13H10F2N2OS/c1-8-16-10(7-19-8)3-5-13(18)17-12-6-9(14)2-4-11(12)15/h2-7H,1H3,(H,17,18)/b5-3+. The summed E-state index contributed by atoms with van der Waals surface area (Å²) < 4.78 is 26.2. The summed E-state index contributed by atoms with van der Waals surface area (Å²) in [6.45, 7) is 1.85. The van der Waals surface area contributed by atoms with Gasteiger partial charge in [0.2, 0.25) is 5.91 Å². The minimum absolute atomic E-state index is 0.191. The van der Waals surface area contributed by atoms with Crippen LogP contribution in [0.2, 0.25) is 0 Å². The van der Waals surface area contributed by atoms with Gasteiger partial charge in [-0.3, -0.25) is 4.79 Å². The van der Waals surface area contributed by atoms with Crippen LogP contribution >= 0.6 is 11.3 Å². The Labute approximate surface area is 112 Å². The number of hydrogen-bond donors (Lipinski definition) is 1. The summed E-state index contributed by atoms with van der Waals surface area (Å²) in [5, 5.41) is 4.94. The number of benzene rings is 1. The van der Waals surface area contributed by atoms with E-state index in [2.05, 4.69) is 10.3 Å². The van der Waals surface area contributed by atoms with Crippen LogP contribution in [0.1, 0.15) is 10.7 Å². The zero-order chi connectivity index (χ0) is 13.8. The molecule has 0 saturated carbocycles. The van der Waals surface area contributed by atoms with Gasteiger partial charge in [-0.2, -0.15) is 0 Å². The van der Waals surface area contributed by atoms with Crippen molar-refractivity contribution in [1.29, 1.82) is 0 Å². The Kier molecular flexibility index (Phi) is 4.01. The molecule has 2 aromatic rings. The number of amides is 1. The molecule has 0 spiro atoms. The summed E-state index contributed by atoms with van der Waals surface area (Å²) in [7, 11) is 0. The maximum absolute atomic E-state index is 13.3. The summed E-state index contributed by atoms with van der Waals surface area (Å²) in [4.78, 5) is 15.7. The molecule has 98 valence electrons. The van der Waals surface area contributed by atoms with Crippen molar-refractivity contribution in [2.24, 2.45) is 0 Å². The summed E-state index contributed by atoms with van der Waals surface area (Å²) in [6, 6.07) is 2.87. The van der Waals surface area contributed by atoms with Gasteiger partial charge in [-0.25, -0.2) is 13.8 Å². The average molecular weight is 280 g/mol. The quantitative estimate of drug-likeness (QED) is 0.876. The predicted octanol–water partition coefficient (Wildman–Crippen LogP) is 3.38. The van der Waals surface area contributed by atoms with Gasteiger partial charge in [0.15, 0.2) is 0 Å². The number of nitrogens with one attached hydrogen (secondary N) is 1. The Hall–Kier alpha value is -2.08. The van der Waals surface area contributed by atoms with Gasteiger partial charge in [-0.05, 0) is 25.1 Å². The molecule has 1 aromatic carbocycles. The lowest BCUT2D eigenvalue weighted by molar-refractivity contribution is -0.111. The molecule has 0 aliphatic carbocycles. The monoisotopic (exact) mass is 280 g/mol. The molecule has 1 heterocycles. The average Bonchev–Trinajstić information content (AvgIpc) is 2.77. The van der Waals surface area contributed by atoms with Gasteiger partial charge in [0.05, 0.1) is 16.4 Å². The molecule has 0 aliphatic heterocycles. The molecule has 0 fully saturated rings. The first-order valence-electron chi connectivity index (χ1n) is 5.41. The fourth-order valence-corrected chi connectivity index (χ4v) is 1.97. The summed E-state index contributed by atoms with van der Waals surface area (Å²) >= 11 is 1.46. The number of rotatable bonds is 3. The largest absolute Gasteiger partial charge is 0.320 e. The van der Waals surface area contributed by atoms with Crippen LogP contribution in [-0.4, -0.2) is 10.9 Å². The Morgan fingerprint density at radius 1 is 1.42 bits per heavy atom. The zero-order valence-corrected chi connectivity index (χ0v) is 10.8. The SMILES string of the molecule is Cc1nc(/C=C/C(=O)Nc2cc(F)ccc2F)cs1. The highest BCUT2D eigenvalue weighted by molar-refractivity contribution is 7.09. The van der Waals surface area contributed by atoms with Crippen molar-refractivity contribution in [3.05, 3.63) is 52.0 Å². The van der Waals surface area contributed by atoms with E-state index in [9.17, 15) is 13.6 Å². The third kappa shape index (κ3) is 3.69. The van der Waals surface area contributed by atoms with Crippen molar-refractivity contribution < 1.29 is 13.6 Å². The maximum atomic E-state index is 13.3. The van der Waals surface area contributed by atoms with Crippen molar-refractivity contribution in [2.45, 2.75) is 6.92 Å². The Bertz CT molecular complexity index is 637. The van der Waals surface area contributed by atoms with Gasteiger partial charge in [0, 0.05) is 17.5 Å². The second-order valence-corrected chi connectivity index (χ2v) is 4.80. The first kappa shape index (κ1) is 13.4. The van der Waals surface area contributed by atoms with Crippen LogP contribution in [0.5, 0.6) is 0 Å². The summed E-state index contributed by atoms with van der Waals surface area (Å²) in [5.74, 6) is -1.85. The molecule has 1 amide bonds. The molecule has 2 rings (SSSR count). The van der Waals surface area contributed by atoms with Crippen LogP contribution in [0.4, 0.5) is 14.5 Å². The zero-order valence-electron chi connectivity index (χ0n) is 9.98. The third-order valence-electron chi connectivity index (χ3n) is 2.23. The smallest absolute Gasteiger partial charge is 0.248 e. The third-order valence-corrected chi connectivity index (χ3v) is 3.02. The van der Waals surface area contributed by atoms with Gasteiger partial charge in [-0.15, -0.1) is 11.3 Å². The topological polar surface area (TPSA) is 42.0 Å². The molecule has 0 bridgehead atoms. The minimum Gasteiger partial charge on any atom is -0.320 e. The first-order valence-corrected chi connectivity index (χ1v) is 6.29. The Morgan fingerprint density at radius 3 is 2.89 bits per heavy atom. The molecule has 0 atom stereocenters. The van der Waals surface area contributed by atoms with Crippen LogP contribution in [-0.2, 0) is 4.79 Å². The maximum Gasteiger partial charge on any atom is 0.248 e. The number of aryl methyl sites for hydroxylation is 1. The highest BCUT2D eigenvalue weighted by Crippen LogP contribution is 2.15. The van der Waals surface area contributed by atoms with Gasteiger partial charge >= 0.3 is 0 Å². The minimum atomic E-state index is -0.687. The summed E-state index contributed by atoms with van der Waals surface area (Å²) in [5.41, 5.74) is 0.460. The lowest BCUT2D eigenvalue weighted by atomic mass is 10.3. The molecule has 3 nitrogen and oxygen atoms in total. The molecule has 6 heteroatoms. The van der Waals surface area contributed by atoms with Crippen molar-refractivity contribution in [1.82, 2.24) is 4.98 Å². The van der Waals surface area contributed by atoms with E-state index in [0.717, 1.165) is 23.2 Å². The van der Waals surface area contributed by atoms with Gasteiger partial charge in [0.1, 0.15) is 11.6 Å². The molecular weight excluding hydrogens is 270 g/mol. The van der Waals surface area contributed by atoms with E-state index in [-0.39, 0.29) is 5.69 Å². The lowest BCUT2D eigenvalue weighted by Crippen LogP contribution is -2.09. The Morgan fingerprint density at radius 2 is 2.21 bits per heavy atom. The number of nitrogens with zero attached hydrogens (tertiary/aromatic N) is 1. The van der Waals surface area contributed by atoms with E-state index < -0.39 is 17.5 Å². The number of hydrogen-bond acceptors (Lipinski definition) is 3. The van der Waals surface area contributed by atoms with Crippen molar-refractivity contribution in [2.75, 3.05) is 5.32 Å². The van der Waals surface area contributed by atoms with Gasteiger partial charge in [-0.1, -0.05) is 0 Å². The number of carbonyl (C=O) groups excluding carboxylic acids is 1. The van der Waals surface area contributed by atoms with Gasteiger partial charge in [0.25, 0.3) is 0 Å². The number of aromatic nitrogens is 1. The number of thiazole rings is 1. The van der Waals surface area contributed by atoms with Crippen LogP contribution in [0, 0.1) is 18.6 Å². The van der Waals surface area contributed by atoms with Crippen LogP contribution in [0.25, 0.3) is 6.08 Å². The van der Waals surface area contributed by atoms with Crippen molar-refractivity contribution in [3.63, 3.8) is 0 Å². The van der Waals surface area contributed by atoms with E-state index in [4.69, 9.17) is 0 Å². The highest BCUT2D eigenvalue weighted by atomic mass is 32.1. The number of halogens is 2. The highest BCUT2D eigenvalue weighted by Gasteiger charge is 2.06. The predicted molar refractivity (Wildman–Crippen MR) is 70.9 cm³/mol. The first-order chi connectivity index (χ1) is 9.04. The van der Waals surface area contributed by atoms with Gasteiger partial charge < -0.3 is 5.32 Å². The molecule has 0 aliphatic rings. The van der Waals surface area contributed by atoms with E-state index in [1.54, 1.807) is 5.38 Å². The Balaban J connectivity index is 2.05. The van der Waals surface area contributed by atoms with Crippen LogP contribution in [0.15, 0.2) is 29.7 Å². The lowest BCUT2D eigenvalue weighted by Gasteiger charge is -2.03. The molecule has 0 unspecified atom stereocenters. The van der Waals surface area contributed by atoms with Crippen LogP contribution < -0.4 is 5.32 Å². The van der Waals surface area contributed by atoms with E-state index in [1.165, 1.54) is 23.5 Å². The van der Waals surface area contributed by atoms with Crippen molar-refractivity contribution in [3.8, 4) is 0 Å². The van der Waals surface area contributed by atoms with Crippen molar-refractivity contribution >= 4 is 29.0 Å². The molecule has 19 heavy (non-hydrogen) atoms.